The molecule has 0 bridgehead atoms. The van der Waals surface area contributed by atoms with Crippen LogP contribution in [0.4, 0.5) is 15.2 Å². The Labute approximate surface area is 278 Å². The number of rotatable bonds is 12. The van der Waals surface area contributed by atoms with E-state index >= 15 is 0 Å². The predicted octanol–water partition coefficient (Wildman–Crippen LogP) is 7.67. The van der Waals surface area contributed by atoms with Crippen LogP contribution in [-0.4, -0.2) is 32.8 Å². The average Bonchev–Trinajstić information content (AvgIpc) is 3.51. The van der Waals surface area contributed by atoms with Crippen LogP contribution in [0, 0.1) is 5.82 Å². The van der Waals surface area contributed by atoms with Crippen molar-refractivity contribution in [2.45, 2.75) is 22.2 Å². The third-order valence-corrected chi connectivity index (χ3v) is 9.03. The second-order valence-corrected chi connectivity index (χ2v) is 12.8. The minimum atomic E-state index is -0.627. The van der Waals surface area contributed by atoms with Gasteiger partial charge in [0.1, 0.15) is 16.8 Å². The standard InChI is InChI=1S/C34H28FN5O3S3/c1-2-44-34-39-33(46-40-34)38-32(43)29(23-10-5-3-6-11-23)45-27-15-9-14-26(21-27)36-31(42)28(20-22-16-18-25(35)19-17-22)37-30(41)24-12-7-4-8-13-24/h3-21,29H,2H2,1H3,(H,36,42)(H,37,41)(H,38,39,40,43)/b28-20-. The van der Waals surface area contributed by atoms with E-state index in [2.05, 4.69) is 25.3 Å². The summed E-state index contributed by atoms with van der Waals surface area (Å²) in [6.45, 7) is 2.01. The highest BCUT2D eigenvalue weighted by Gasteiger charge is 2.24. The molecule has 1 atom stereocenters. The Morgan fingerprint density at radius 2 is 1.61 bits per heavy atom. The first-order valence-electron chi connectivity index (χ1n) is 14.1. The van der Waals surface area contributed by atoms with Gasteiger partial charge >= 0.3 is 0 Å². The molecule has 0 aliphatic carbocycles. The lowest BCUT2D eigenvalue weighted by molar-refractivity contribution is -0.116. The number of benzene rings is 4. The van der Waals surface area contributed by atoms with Crippen LogP contribution in [0.1, 0.15) is 33.7 Å². The summed E-state index contributed by atoms with van der Waals surface area (Å²) < 4.78 is 17.8. The number of nitrogens with zero attached hydrogens (tertiary/aromatic N) is 2. The minimum Gasteiger partial charge on any atom is -0.321 e. The summed E-state index contributed by atoms with van der Waals surface area (Å²) in [6.07, 6.45) is 1.47. The molecule has 46 heavy (non-hydrogen) atoms. The molecule has 0 aliphatic rings. The lowest BCUT2D eigenvalue weighted by Crippen LogP contribution is -2.30. The summed E-state index contributed by atoms with van der Waals surface area (Å²) in [5.74, 6) is -0.909. The molecule has 1 aromatic heterocycles. The van der Waals surface area contributed by atoms with Crippen LogP contribution < -0.4 is 16.0 Å². The second kappa shape index (κ2) is 16.0. The second-order valence-electron chi connectivity index (χ2n) is 9.62. The molecular formula is C34H28FN5O3S3. The van der Waals surface area contributed by atoms with Crippen LogP contribution in [0.25, 0.3) is 6.08 Å². The first-order chi connectivity index (χ1) is 22.4. The summed E-state index contributed by atoms with van der Waals surface area (Å²) in [5.41, 5.74) is 2.11. The Morgan fingerprint density at radius 1 is 0.891 bits per heavy atom. The van der Waals surface area contributed by atoms with Crippen molar-refractivity contribution >= 4 is 69.7 Å². The van der Waals surface area contributed by atoms with Crippen LogP contribution in [0.5, 0.6) is 0 Å². The van der Waals surface area contributed by atoms with Crippen molar-refractivity contribution in [3.05, 3.63) is 137 Å². The van der Waals surface area contributed by atoms with Gasteiger partial charge in [0.05, 0.1) is 0 Å². The van der Waals surface area contributed by atoms with Gasteiger partial charge in [0.15, 0.2) is 0 Å². The highest BCUT2D eigenvalue weighted by molar-refractivity contribution is 8.00. The first-order valence-corrected chi connectivity index (χ1v) is 16.8. The molecule has 0 spiro atoms. The van der Waals surface area contributed by atoms with Crippen LogP contribution in [0.3, 0.4) is 0 Å². The van der Waals surface area contributed by atoms with Gasteiger partial charge in [-0.3, -0.25) is 19.7 Å². The van der Waals surface area contributed by atoms with Crippen LogP contribution >= 0.6 is 35.1 Å². The maximum Gasteiger partial charge on any atom is 0.272 e. The van der Waals surface area contributed by atoms with E-state index < -0.39 is 22.9 Å². The number of carbonyl (C=O) groups excluding carboxylic acids is 3. The zero-order chi connectivity index (χ0) is 32.3. The zero-order valence-electron chi connectivity index (χ0n) is 24.5. The number of carbonyl (C=O) groups is 3. The number of anilines is 2. The van der Waals surface area contributed by atoms with Gasteiger partial charge in [-0.2, -0.15) is 9.36 Å². The third-order valence-electron chi connectivity index (χ3n) is 6.31. The smallest absolute Gasteiger partial charge is 0.272 e. The largest absolute Gasteiger partial charge is 0.321 e. The van der Waals surface area contributed by atoms with Crippen molar-refractivity contribution in [3.63, 3.8) is 0 Å². The van der Waals surface area contributed by atoms with Gasteiger partial charge in [0.2, 0.25) is 16.2 Å². The number of nitrogens with one attached hydrogen (secondary N) is 3. The molecule has 0 aliphatic heterocycles. The minimum absolute atomic E-state index is 0.0299. The molecule has 8 nitrogen and oxygen atoms in total. The highest BCUT2D eigenvalue weighted by Crippen LogP contribution is 2.37. The predicted molar refractivity (Wildman–Crippen MR) is 183 cm³/mol. The van der Waals surface area contributed by atoms with Crippen molar-refractivity contribution in [3.8, 4) is 0 Å². The Bertz CT molecular complexity index is 1830. The van der Waals surface area contributed by atoms with E-state index in [0.717, 1.165) is 27.7 Å². The van der Waals surface area contributed by atoms with Gasteiger partial charge in [-0.15, -0.1) is 11.8 Å². The van der Waals surface area contributed by atoms with Crippen molar-refractivity contribution in [1.29, 1.82) is 0 Å². The van der Waals surface area contributed by atoms with Crippen molar-refractivity contribution in [2.75, 3.05) is 16.4 Å². The monoisotopic (exact) mass is 669 g/mol. The van der Waals surface area contributed by atoms with E-state index in [0.29, 0.717) is 27.1 Å². The topological polar surface area (TPSA) is 113 Å². The molecule has 1 unspecified atom stereocenters. The number of amides is 3. The Kier molecular flexibility index (Phi) is 11.3. The summed E-state index contributed by atoms with van der Waals surface area (Å²) in [6, 6.07) is 30.5. The maximum atomic E-state index is 13.5. The van der Waals surface area contributed by atoms with Crippen LogP contribution in [0.15, 0.2) is 125 Å². The van der Waals surface area contributed by atoms with E-state index in [9.17, 15) is 18.8 Å². The molecule has 4 aromatic carbocycles. The fraction of sp³-hybridized carbons (Fsp3) is 0.0882. The molecule has 3 amide bonds. The molecule has 0 saturated carbocycles. The molecule has 0 radical (unpaired) electrons. The van der Waals surface area contributed by atoms with Gasteiger partial charge < -0.3 is 10.6 Å². The third kappa shape index (κ3) is 9.13. The number of thioether (sulfide) groups is 2. The van der Waals surface area contributed by atoms with Gasteiger partial charge in [0.25, 0.3) is 11.8 Å². The van der Waals surface area contributed by atoms with Gasteiger partial charge in [0, 0.05) is 27.7 Å². The molecule has 5 aromatic rings. The van der Waals surface area contributed by atoms with Crippen molar-refractivity contribution in [2.24, 2.45) is 0 Å². The highest BCUT2D eigenvalue weighted by atomic mass is 32.2. The lowest BCUT2D eigenvalue weighted by atomic mass is 10.1. The quantitative estimate of drug-likeness (QED) is 0.0923. The zero-order valence-corrected chi connectivity index (χ0v) is 26.9. The van der Waals surface area contributed by atoms with E-state index in [4.69, 9.17) is 0 Å². The van der Waals surface area contributed by atoms with Crippen LogP contribution in [0.2, 0.25) is 0 Å². The number of aromatic nitrogens is 2. The van der Waals surface area contributed by atoms with E-state index in [-0.39, 0.29) is 11.6 Å². The SMILES string of the molecule is CCSc1nsc(NC(=O)C(Sc2cccc(NC(=O)/C(=C/c3ccc(F)cc3)NC(=O)c3ccccc3)c2)c2ccccc2)n1. The summed E-state index contributed by atoms with van der Waals surface area (Å²) in [5, 5.41) is 8.81. The van der Waals surface area contributed by atoms with Crippen molar-refractivity contribution in [1.82, 2.24) is 14.7 Å². The molecule has 0 fully saturated rings. The van der Waals surface area contributed by atoms with Crippen LogP contribution in [-0.2, 0) is 9.59 Å². The molecule has 5 rings (SSSR count). The maximum absolute atomic E-state index is 13.5. The van der Waals surface area contributed by atoms with Gasteiger partial charge in [-0.25, -0.2) is 4.39 Å². The number of halogens is 1. The number of hydrogen-bond donors (Lipinski definition) is 3. The lowest BCUT2D eigenvalue weighted by Gasteiger charge is -2.17. The molecule has 232 valence electrons. The molecule has 12 heteroatoms. The van der Waals surface area contributed by atoms with E-state index in [1.165, 1.54) is 53.9 Å². The van der Waals surface area contributed by atoms with Gasteiger partial charge in [-0.1, -0.05) is 85.4 Å². The summed E-state index contributed by atoms with van der Waals surface area (Å²) >= 11 is 3.94. The van der Waals surface area contributed by atoms with E-state index in [1.807, 2.05) is 43.3 Å². The normalized spacial score (nSPS) is 11.8. The Balaban J connectivity index is 1.36. The van der Waals surface area contributed by atoms with E-state index in [1.54, 1.807) is 48.5 Å². The summed E-state index contributed by atoms with van der Waals surface area (Å²) in [4.78, 5) is 45.1. The summed E-state index contributed by atoms with van der Waals surface area (Å²) in [7, 11) is 0. The molecular weight excluding hydrogens is 642 g/mol. The number of hydrogen-bond acceptors (Lipinski definition) is 8. The molecule has 0 saturated heterocycles. The molecule has 1 heterocycles. The fourth-order valence-corrected chi connectivity index (χ4v) is 6.53. The molecule has 3 N–H and O–H groups in total. The fourth-order valence-electron chi connectivity index (χ4n) is 4.17. The average molecular weight is 670 g/mol. The Hall–Kier alpha value is -4.78. The Morgan fingerprint density at radius 3 is 2.33 bits per heavy atom. The van der Waals surface area contributed by atoms with Crippen molar-refractivity contribution < 1.29 is 18.8 Å². The first kappa shape index (κ1) is 32.6. The van der Waals surface area contributed by atoms with Gasteiger partial charge in [-0.05, 0) is 65.4 Å².